The number of pyridine rings is 1. The second-order valence-corrected chi connectivity index (χ2v) is 4.92. The van der Waals surface area contributed by atoms with Gasteiger partial charge in [-0.2, -0.15) is 5.10 Å². The minimum atomic E-state index is -0.961. The summed E-state index contributed by atoms with van der Waals surface area (Å²) in [5.74, 6) is -2.03. The number of fused-ring (bicyclic) bond motifs is 1. The molecule has 2 heterocycles. The molecule has 0 radical (unpaired) electrons. The molecule has 0 spiro atoms. The number of imidazole rings is 1. The van der Waals surface area contributed by atoms with E-state index in [0.29, 0.717) is 28.4 Å². The first-order valence-electron chi connectivity index (χ1n) is 6.69. The van der Waals surface area contributed by atoms with Crippen molar-refractivity contribution < 1.29 is 13.2 Å². The van der Waals surface area contributed by atoms with Gasteiger partial charge in [-0.3, -0.25) is 4.98 Å². The van der Waals surface area contributed by atoms with Gasteiger partial charge in [0.15, 0.2) is 11.6 Å². The Labute approximate surface area is 129 Å². The fourth-order valence-electron chi connectivity index (χ4n) is 2.07. The van der Waals surface area contributed by atoms with Gasteiger partial charge in [0, 0.05) is 19.2 Å². The van der Waals surface area contributed by atoms with Gasteiger partial charge in [-0.1, -0.05) is 0 Å². The van der Waals surface area contributed by atoms with Gasteiger partial charge in [-0.05, 0) is 19.1 Å². The molecule has 0 saturated heterocycles. The third-order valence-electron chi connectivity index (χ3n) is 3.34. The monoisotopic (exact) mass is 319 g/mol. The third kappa shape index (κ3) is 2.87. The smallest absolute Gasteiger partial charge is 0.224 e. The van der Waals surface area contributed by atoms with E-state index in [1.165, 1.54) is 12.1 Å². The lowest BCUT2D eigenvalue weighted by Gasteiger charge is -2.03. The van der Waals surface area contributed by atoms with Crippen molar-refractivity contribution in [3.8, 4) is 0 Å². The largest absolute Gasteiger partial charge is 0.312 e. The number of nitrogens with zero attached hydrogens (tertiary/aromatic N) is 4. The molecule has 0 amide bonds. The lowest BCUT2D eigenvalue weighted by molar-refractivity contribution is 0.510. The number of hydrogen-bond donors (Lipinski definition) is 1. The van der Waals surface area contributed by atoms with Crippen LogP contribution in [0.4, 0.5) is 19.1 Å². The number of aryl methyl sites for hydroxylation is 1. The molecule has 0 bridgehead atoms. The number of nitrogens with one attached hydrogen (secondary N) is 1. The molecular formula is C15H12F3N5. The summed E-state index contributed by atoms with van der Waals surface area (Å²) in [6.45, 7) is 1.69. The van der Waals surface area contributed by atoms with E-state index >= 15 is 0 Å². The normalized spacial score (nSPS) is 12.0. The molecular weight excluding hydrogens is 307 g/mol. The van der Waals surface area contributed by atoms with Crippen LogP contribution in [0.15, 0.2) is 35.6 Å². The van der Waals surface area contributed by atoms with Crippen LogP contribution in [0.1, 0.15) is 12.6 Å². The Kier molecular flexibility index (Phi) is 3.73. The van der Waals surface area contributed by atoms with Crippen molar-refractivity contribution in [2.24, 2.45) is 12.1 Å². The van der Waals surface area contributed by atoms with Gasteiger partial charge in [0.1, 0.15) is 5.82 Å². The van der Waals surface area contributed by atoms with Gasteiger partial charge >= 0.3 is 0 Å². The van der Waals surface area contributed by atoms with Gasteiger partial charge in [-0.25, -0.2) is 23.6 Å². The zero-order valence-corrected chi connectivity index (χ0v) is 12.3. The molecule has 0 aliphatic heterocycles. The second-order valence-electron chi connectivity index (χ2n) is 4.92. The summed E-state index contributed by atoms with van der Waals surface area (Å²) in [7, 11) is 1.65. The van der Waals surface area contributed by atoms with Gasteiger partial charge in [0.05, 0.1) is 28.6 Å². The molecule has 2 aromatic heterocycles. The van der Waals surface area contributed by atoms with Crippen LogP contribution in [-0.2, 0) is 7.05 Å². The summed E-state index contributed by atoms with van der Waals surface area (Å²) in [4.78, 5) is 8.06. The Hall–Kier alpha value is -2.90. The predicted molar refractivity (Wildman–Crippen MR) is 80.7 cm³/mol. The number of rotatable bonds is 3. The van der Waals surface area contributed by atoms with E-state index in [-0.39, 0.29) is 0 Å². The zero-order valence-electron chi connectivity index (χ0n) is 12.3. The van der Waals surface area contributed by atoms with Crippen molar-refractivity contribution in [3.63, 3.8) is 0 Å². The highest BCUT2D eigenvalue weighted by molar-refractivity contribution is 5.97. The van der Waals surface area contributed by atoms with Crippen LogP contribution >= 0.6 is 0 Å². The van der Waals surface area contributed by atoms with Gasteiger partial charge < -0.3 is 4.57 Å². The van der Waals surface area contributed by atoms with E-state index in [2.05, 4.69) is 20.5 Å². The highest BCUT2D eigenvalue weighted by Gasteiger charge is 2.12. The Morgan fingerprint density at radius 2 is 1.91 bits per heavy atom. The summed E-state index contributed by atoms with van der Waals surface area (Å²) in [6.07, 6.45) is 1.09. The standard InChI is InChI=1S/C15H12F3N5/c1-8(12-4-3-9(16)7-19-12)21-22-15-20-13-5-10(17)11(18)6-14(13)23(15)2/h3-7H,1-2H3,(H,20,22)/b21-8+. The summed E-state index contributed by atoms with van der Waals surface area (Å²) in [6, 6.07) is 4.87. The molecule has 5 nitrogen and oxygen atoms in total. The Bertz CT molecular complexity index is 900. The number of anilines is 1. The Morgan fingerprint density at radius 3 is 2.61 bits per heavy atom. The first kappa shape index (κ1) is 15.0. The van der Waals surface area contributed by atoms with E-state index < -0.39 is 17.5 Å². The van der Waals surface area contributed by atoms with Gasteiger partial charge in [0.25, 0.3) is 0 Å². The van der Waals surface area contributed by atoms with Crippen molar-refractivity contribution in [3.05, 3.63) is 53.6 Å². The number of benzene rings is 1. The first-order valence-corrected chi connectivity index (χ1v) is 6.69. The van der Waals surface area contributed by atoms with Gasteiger partial charge in [-0.15, -0.1) is 0 Å². The van der Waals surface area contributed by atoms with Crippen LogP contribution < -0.4 is 5.43 Å². The fourth-order valence-corrected chi connectivity index (χ4v) is 2.07. The SMILES string of the molecule is C/C(=N\Nc1nc2cc(F)c(F)cc2n1C)c1ccc(F)cn1. The molecule has 3 rings (SSSR count). The molecule has 118 valence electrons. The molecule has 3 aromatic rings. The lowest BCUT2D eigenvalue weighted by Crippen LogP contribution is -2.05. The van der Waals surface area contributed by atoms with E-state index in [1.807, 2.05) is 0 Å². The quantitative estimate of drug-likeness (QED) is 0.596. The minimum Gasteiger partial charge on any atom is -0.312 e. The molecule has 1 N–H and O–H groups in total. The van der Waals surface area contributed by atoms with Crippen molar-refractivity contribution in [1.29, 1.82) is 0 Å². The lowest BCUT2D eigenvalue weighted by atomic mass is 10.2. The first-order chi connectivity index (χ1) is 11.0. The van der Waals surface area contributed by atoms with Crippen LogP contribution in [0, 0.1) is 17.5 Å². The van der Waals surface area contributed by atoms with E-state index in [4.69, 9.17) is 0 Å². The fraction of sp³-hybridized carbons (Fsp3) is 0.133. The van der Waals surface area contributed by atoms with Crippen LogP contribution in [0.5, 0.6) is 0 Å². The molecule has 1 aromatic carbocycles. The number of aromatic nitrogens is 3. The van der Waals surface area contributed by atoms with Crippen molar-refractivity contribution >= 4 is 22.7 Å². The Balaban J connectivity index is 1.90. The maximum Gasteiger partial charge on any atom is 0.224 e. The highest BCUT2D eigenvalue weighted by atomic mass is 19.2. The molecule has 0 unspecified atom stereocenters. The molecule has 0 atom stereocenters. The number of hydrazone groups is 1. The zero-order chi connectivity index (χ0) is 16.6. The van der Waals surface area contributed by atoms with E-state index in [9.17, 15) is 13.2 Å². The maximum atomic E-state index is 13.3. The molecule has 8 heteroatoms. The predicted octanol–water partition coefficient (Wildman–Crippen LogP) is 3.22. The van der Waals surface area contributed by atoms with Gasteiger partial charge in [0.2, 0.25) is 5.95 Å². The van der Waals surface area contributed by atoms with Crippen LogP contribution in [0.25, 0.3) is 11.0 Å². The van der Waals surface area contributed by atoms with E-state index in [1.54, 1.807) is 18.5 Å². The molecule has 23 heavy (non-hydrogen) atoms. The Morgan fingerprint density at radius 1 is 1.17 bits per heavy atom. The maximum absolute atomic E-state index is 13.3. The average molecular weight is 319 g/mol. The number of halogens is 3. The highest BCUT2D eigenvalue weighted by Crippen LogP contribution is 2.21. The molecule has 0 aliphatic rings. The topological polar surface area (TPSA) is 55.1 Å². The van der Waals surface area contributed by atoms with Crippen LogP contribution in [-0.4, -0.2) is 20.2 Å². The van der Waals surface area contributed by atoms with Crippen molar-refractivity contribution in [2.75, 3.05) is 5.43 Å². The molecule has 0 fully saturated rings. The molecule has 0 aliphatic carbocycles. The van der Waals surface area contributed by atoms with Crippen LogP contribution in [0.2, 0.25) is 0 Å². The average Bonchev–Trinajstić information content (AvgIpc) is 2.82. The van der Waals surface area contributed by atoms with Crippen LogP contribution in [0.3, 0.4) is 0 Å². The van der Waals surface area contributed by atoms with Crippen molar-refractivity contribution in [2.45, 2.75) is 6.92 Å². The number of hydrogen-bond acceptors (Lipinski definition) is 4. The second kappa shape index (κ2) is 5.71. The van der Waals surface area contributed by atoms with Crippen molar-refractivity contribution in [1.82, 2.24) is 14.5 Å². The minimum absolute atomic E-state index is 0.307. The summed E-state index contributed by atoms with van der Waals surface area (Å²) in [5, 5.41) is 4.11. The third-order valence-corrected chi connectivity index (χ3v) is 3.34. The summed E-state index contributed by atoms with van der Waals surface area (Å²) in [5.41, 5.74) is 4.46. The summed E-state index contributed by atoms with van der Waals surface area (Å²) >= 11 is 0. The van der Waals surface area contributed by atoms with E-state index in [0.717, 1.165) is 18.3 Å². The molecule has 0 saturated carbocycles. The summed E-state index contributed by atoms with van der Waals surface area (Å²) < 4.78 is 40.9.